The molecule has 5 nitrogen and oxygen atoms in total. The fourth-order valence-electron chi connectivity index (χ4n) is 3.86. The van der Waals surface area contributed by atoms with Gasteiger partial charge in [0.15, 0.2) is 0 Å². The van der Waals surface area contributed by atoms with Crippen LogP contribution in [0.2, 0.25) is 0 Å². The smallest absolute Gasteiger partial charge is 0.253 e. The van der Waals surface area contributed by atoms with Crippen LogP contribution in [0.25, 0.3) is 11.1 Å². The number of nitrogens with zero attached hydrogens (tertiary/aromatic N) is 2. The number of pyridine rings is 2. The normalized spacial score (nSPS) is 14.4. The molecular formula is C24H24N2O3. The number of Topliss-reactive ketones (excluding diaryl/α,β-unsaturated/α-hetero) is 1. The number of fused-ring (bicyclic) bond motifs is 1. The van der Waals surface area contributed by atoms with Gasteiger partial charge in [-0.05, 0) is 61.2 Å². The van der Waals surface area contributed by atoms with Crippen LogP contribution in [-0.2, 0) is 24.7 Å². The minimum atomic E-state index is -0.241. The molecule has 4 rings (SSSR count). The van der Waals surface area contributed by atoms with Crippen LogP contribution in [0.4, 0.5) is 0 Å². The van der Waals surface area contributed by atoms with E-state index in [-0.39, 0.29) is 17.4 Å². The average molecular weight is 388 g/mol. The van der Waals surface area contributed by atoms with E-state index in [1.807, 2.05) is 50.4 Å². The molecule has 0 radical (unpaired) electrons. The maximum absolute atomic E-state index is 12.1. The van der Waals surface area contributed by atoms with Crippen molar-refractivity contribution in [2.75, 3.05) is 0 Å². The van der Waals surface area contributed by atoms with Crippen molar-refractivity contribution >= 4 is 5.78 Å². The molecule has 3 aromatic rings. The first-order valence-electron chi connectivity index (χ1n) is 9.85. The molecule has 0 bridgehead atoms. The molecule has 5 heteroatoms. The highest BCUT2D eigenvalue weighted by Crippen LogP contribution is 2.36. The van der Waals surface area contributed by atoms with Crippen LogP contribution < -0.4 is 10.3 Å². The highest BCUT2D eigenvalue weighted by molar-refractivity contribution is 5.85. The molecule has 1 aromatic carbocycles. The number of carbonyl (C=O) groups is 1. The van der Waals surface area contributed by atoms with Gasteiger partial charge in [-0.25, -0.2) is 0 Å². The molecule has 0 fully saturated rings. The Hall–Kier alpha value is -3.21. The van der Waals surface area contributed by atoms with Gasteiger partial charge in [0.25, 0.3) is 5.56 Å². The molecule has 0 aliphatic heterocycles. The first kappa shape index (κ1) is 19.1. The van der Waals surface area contributed by atoms with E-state index in [0.717, 1.165) is 33.7 Å². The number of aryl methyl sites for hydroxylation is 3. The predicted octanol–water partition coefficient (Wildman–Crippen LogP) is 3.95. The number of hydrogen-bond acceptors (Lipinski definition) is 4. The highest BCUT2D eigenvalue weighted by Gasteiger charge is 2.23. The topological polar surface area (TPSA) is 61.2 Å². The zero-order valence-corrected chi connectivity index (χ0v) is 16.9. The summed E-state index contributed by atoms with van der Waals surface area (Å²) in [7, 11) is 1.76. The van der Waals surface area contributed by atoms with Crippen molar-refractivity contribution in [2.24, 2.45) is 7.05 Å². The van der Waals surface area contributed by atoms with E-state index in [2.05, 4.69) is 11.1 Å². The maximum atomic E-state index is 12.1. The van der Waals surface area contributed by atoms with Gasteiger partial charge in [0.2, 0.25) is 0 Å². The second-order valence-electron chi connectivity index (χ2n) is 7.67. The molecule has 0 N–H and O–H groups in total. The summed E-state index contributed by atoms with van der Waals surface area (Å²) >= 11 is 0. The Morgan fingerprint density at radius 3 is 2.66 bits per heavy atom. The fraction of sp³-hybridized carbons (Fsp3) is 0.292. The summed E-state index contributed by atoms with van der Waals surface area (Å²) in [4.78, 5) is 28.6. The summed E-state index contributed by atoms with van der Waals surface area (Å²) in [6.07, 6.45) is 5.01. The third kappa shape index (κ3) is 3.86. The quantitative estimate of drug-likeness (QED) is 0.679. The molecule has 1 atom stereocenters. The van der Waals surface area contributed by atoms with E-state index in [1.165, 1.54) is 0 Å². The Labute approximate surface area is 170 Å². The summed E-state index contributed by atoms with van der Waals surface area (Å²) < 4.78 is 7.91. The Bertz CT molecular complexity index is 1110. The van der Waals surface area contributed by atoms with Gasteiger partial charge in [-0.2, -0.15) is 0 Å². The van der Waals surface area contributed by atoms with Gasteiger partial charge in [0.1, 0.15) is 17.6 Å². The summed E-state index contributed by atoms with van der Waals surface area (Å²) in [5.74, 6) is 0.953. The molecule has 148 valence electrons. The van der Waals surface area contributed by atoms with Crippen molar-refractivity contribution in [1.29, 1.82) is 0 Å². The Morgan fingerprint density at radius 2 is 1.93 bits per heavy atom. The van der Waals surface area contributed by atoms with E-state index >= 15 is 0 Å². The molecule has 1 aliphatic rings. The number of ether oxygens (including phenoxy) is 1. The van der Waals surface area contributed by atoms with Crippen molar-refractivity contribution in [1.82, 2.24) is 9.55 Å². The predicted molar refractivity (Wildman–Crippen MR) is 112 cm³/mol. The van der Waals surface area contributed by atoms with Crippen LogP contribution in [0.5, 0.6) is 5.75 Å². The van der Waals surface area contributed by atoms with E-state index in [9.17, 15) is 9.59 Å². The van der Waals surface area contributed by atoms with Crippen LogP contribution in [0.15, 0.2) is 53.6 Å². The zero-order valence-electron chi connectivity index (χ0n) is 16.9. The van der Waals surface area contributed by atoms with Crippen LogP contribution in [0, 0.1) is 6.92 Å². The monoisotopic (exact) mass is 388 g/mol. The average Bonchev–Trinajstić information content (AvgIpc) is 2.72. The lowest BCUT2D eigenvalue weighted by Gasteiger charge is -2.23. The van der Waals surface area contributed by atoms with Crippen molar-refractivity contribution in [3.8, 4) is 16.9 Å². The Morgan fingerprint density at radius 1 is 1.10 bits per heavy atom. The van der Waals surface area contributed by atoms with E-state index < -0.39 is 0 Å². The van der Waals surface area contributed by atoms with E-state index in [4.69, 9.17) is 4.74 Å². The van der Waals surface area contributed by atoms with Gasteiger partial charge in [0, 0.05) is 43.4 Å². The minimum absolute atomic E-state index is 0.00226. The van der Waals surface area contributed by atoms with Crippen molar-refractivity contribution in [3.63, 3.8) is 0 Å². The lowest BCUT2D eigenvalue weighted by Crippen LogP contribution is -2.19. The number of rotatable bonds is 4. The zero-order chi connectivity index (χ0) is 20.5. The first-order chi connectivity index (χ1) is 13.9. The van der Waals surface area contributed by atoms with E-state index in [0.29, 0.717) is 24.8 Å². The third-order valence-corrected chi connectivity index (χ3v) is 5.45. The molecule has 0 spiro atoms. The van der Waals surface area contributed by atoms with Crippen LogP contribution in [0.3, 0.4) is 0 Å². The highest BCUT2D eigenvalue weighted by atomic mass is 16.5. The molecule has 0 unspecified atom stereocenters. The standard InChI is InChI=1S/C24H24N2O3/c1-15-10-19(14-26(3)24(15)28)18-11-17-7-8-20(27)13-21(17)23(12-18)29-16(2)22-6-4-5-9-25-22/h4-6,9-12,14,16H,7-8,13H2,1-3H3/t16-/m0/s1. The van der Waals surface area contributed by atoms with Crippen LogP contribution in [-0.4, -0.2) is 15.3 Å². The number of carbonyl (C=O) groups excluding carboxylic acids is 1. The van der Waals surface area contributed by atoms with Crippen LogP contribution >= 0.6 is 0 Å². The summed E-state index contributed by atoms with van der Waals surface area (Å²) in [5, 5.41) is 0. The lowest BCUT2D eigenvalue weighted by molar-refractivity contribution is -0.118. The van der Waals surface area contributed by atoms with Gasteiger partial charge in [0.05, 0.1) is 5.69 Å². The second-order valence-corrected chi connectivity index (χ2v) is 7.67. The Kier molecular flexibility index (Phi) is 5.05. The summed E-state index contributed by atoms with van der Waals surface area (Å²) in [6.45, 7) is 3.78. The summed E-state index contributed by atoms with van der Waals surface area (Å²) in [6, 6.07) is 11.8. The van der Waals surface area contributed by atoms with Gasteiger partial charge >= 0.3 is 0 Å². The summed E-state index contributed by atoms with van der Waals surface area (Å²) in [5.41, 5.74) is 5.58. The molecule has 0 saturated carbocycles. The van der Waals surface area contributed by atoms with Crippen LogP contribution in [0.1, 0.15) is 41.8 Å². The molecule has 0 saturated heterocycles. The first-order valence-corrected chi connectivity index (χ1v) is 9.85. The molecule has 1 aliphatic carbocycles. The second kappa shape index (κ2) is 7.66. The van der Waals surface area contributed by atoms with Gasteiger partial charge in [-0.15, -0.1) is 0 Å². The molecular weight excluding hydrogens is 364 g/mol. The molecule has 29 heavy (non-hydrogen) atoms. The SMILES string of the molecule is Cc1cc(-c2cc3c(c(O[C@@H](C)c4ccccn4)c2)CC(=O)CC3)cn(C)c1=O. The maximum Gasteiger partial charge on any atom is 0.253 e. The van der Waals surface area contributed by atoms with Gasteiger partial charge in [-0.3, -0.25) is 14.6 Å². The Balaban J connectivity index is 1.80. The number of benzene rings is 1. The number of hydrogen-bond donors (Lipinski definition) is 0. The largest absolute Gasteiger partial charge is 0.484 e. The number of aromatic nitrogens is 2. The number of ketones is 1. The van der Waals surface area contributed by atoms with Crippen molar-refractivity contribution in [2.45, 2.75) is 39.2 Å². The van der Waals surface area contributed by atoms with Crippen molar-refractivity contribution < 1.29 is 9.53 Å². The molecule has 2 heterocycles. The third-order valence-electron chi connectivity index (χ3n) is 5.45. The van der Waals surface area contributed by atoms with Crippen molar-refractivity contribution in [3.05, 3.63) is 81.5 Å². The van der Waals surface area contributed by atoms with Gasteiger partial charge in [-0.1, -0.05) is 12.1 Å². The fourth-order valence-corrected chi connectivity index (χ4v) is 3.86. The lowest BCUT2D eigenvalue weighted by atomic mass is 9.87. The van der Waals surface area contributed by atoms with E-state index in [1.54, 1.807) is 17.8 Å². The molecule has 2 aromatic heterocycles. The van der Waals surface area contributed by atoms with Gasteiger partial charge < -0.3 is 9.30 Å². The molecule has 0 amide bonds. The minimum Gasteiger partial charge on any atom is -0.484 e.